The number of rotatable bonds is 7. The van der Waals surface area contributed by atoms with E-state index in [2.05, 4.69) is 24.5 Å². The largest absolute Gasteiger partial charge is 0.471 e. The van der Waals surface area contributed by atoms with Gasteiger partial charge < -0.3 is 18.9 Å². The molecule has 0 bridgehead atoms. The number of hydroxylamine groups is 2. The van der Waals surface area contributed by atoms with Crippen molar-refractivity contribution in [2.24, 2.45) is 0 Å². The number of morpholine rings is 1. The monoisotopic (exact) mass is 493 g/mol. The van der Waals surface area contributed by atoms with E-state index in [9.17, 15) is 18.0 Å². The van der Waals surface area contributed by atoms with Crippen LogP contribution in [0.15, 0.2) is 47.1 Å². The average molecular weight is 493 g/mol. The molecule has 1 amide bonds. The summed E-state index contributed by atoms with van der Waals surface area (Å²) < 4.78 is 52.8. The SMILES string of the molecule is CON(Cc1ccc(-c2noc(C(F)(F)F)n2)cc1)C(=O)OCc1ccc(N2CCOCC2)nc1. The van der Waals surface area contributed by atoms with Crippen LogP contribution in [0.2, 0.25) is 0 Å². The van der Waals surface area contributed by atoms with Gasteiger partial charge >= 0.3 is 18.2 Å². The summed E-state index contributed by atoms with van der Waals surface area (Å²) in [6.07, 6.45) is -3.77. The lowest BCUT2D eigenvalue weighted by Crippen LogP contribution is -2.36. The van der Waals surface area contributed by atoms with Crippen molar-refractivity contribution < 1.29 is 36.8 Å². The number of alkyl halides is 3. The van der Waals surface area contributed by atoms with Crippen molar-refractivity contribution >= 4 is 11.9 Å². The van der Waals surface area contributed by atoms with Crippen molar-refractivity contribution in [1.82, 2.24) is 20.2 Å². The van der Waals surface area contributed by atoms with Crippen molar-refractivity contribution in [3.8, 4) is 11.4 Å². The second-order valence-electron chi connectivity index (χ2n) is 7.52. The van der Waals surface area contributed by atoms with Gasteiger partial charge in [-0.05, 0) is 11.6 Å². The molecule has 0 saturated carbocycles. The first kappa shape index (κ1) is 24.4. The van der Waals surface area contributed by atoms with Crippen LogP contribution >= 0.6 is 0 Å². The summed E-state index contributed by atoms with van der Waals surface area (Å²) in [7, 11) is 1.33. The molecule has 10 nitrogen and oxygen atoms in total. The first-order valence-corrected chi connectivity index (χ1v) is 10.6. The highest BCUT2D eigenvalue weighted by Gasteiger charge is 2.38. The maximum atomic E-state index is 12.6. The number of pyridine rings is 1. The second kappa shape index (κ2) is 10.7. The van der Waals surface area contributed by atoms with Crippen LogP contribution in [0.5, 0.6) is 0 Å². The standard InChI is InChI=1S/C22H22F3N5O5/c1-32-30(13-15-2-5-17(6-3-15)19-27-20(35-28-19)22(23,24)25)21(31)34-14-16-4-7-18(26-12-16)29-8-10-33-11-9-29/h2-7,12H,8-11,13-14H2,1H3. The van der Waals surface area contributed by atoms with Gasteiger partial charge in [0.15, 0.2) is 0 Å². The van der Waals surface area contributed by atoms with Gasteiger partial charge in [-0.2, -0.15) is 23.2 Å². The Morgan fingerprint density at radius 1 is 1.11 bits per heavy atom. The Balaban J connectivity index is 1.30. The molecule has 0 aliphatic carbocycles. The van der Waals surface area contributed by atoms with E-state index in [1.807, 2.05) is 12.1 Å². The molecule has 0 radical (unpaired) electrons. The second-order valence-corrected chi connectivity index (χ2v) is 7.52. The normalized spacial score (nSPS) is 14.1. The Morgan fingerprint density at radius 3 is 2.43 bits per heavy atom. The van der Waals surface area contributed by atoms with Crippen LogP contribution in [-0.4, -0.2) is 59.7 Å². The maximum Gasteiger partial charge on any atom is 0.471 e. The first-order chi connectivity index (χ1) is 16.8. The lowest BCUT2D eigenvalue weighted by atomic mass is 10.1. The number of hydrogen-bond acceptors (Lipinski definition) is 9. The van der Waals surface area contributed by atoms with Crippen LogP contribution in [-0.2, 0) is 33.6 Å². The highest BCUT2D eigenvalue weighted by molar-refractivity contribution is 5.66. The number of nitrogens with zero attached hydrogens (tertiary/aromatic N) is 5. The smallest absolute Gasteiger partial charge is 0.443 e. The number of benzene rings is 1. The molecule has 13 heteroatoms. The van der Waals surface area contributed by atoms with Crippen LogP contribution in [0.3, 0.4) is 0 Å². The molecular weight excluding hydrogens is 471 g/mol. The molecule has 3 aromatic rings. The van der Waals surface area contributed by atoms with Crippen molar-refractivity contribution in [2.75, 3.05) is 38.3 Å². The number of amides is 1. The molecule has 4 rings (SSSR count). The van der Waals surface area contributed by atoms with E-state index in [1.165, 1.54) is 19.2 Å². The van der Waals surface area contributed by atoms with E-state index in [1.54, 1.807) is 18.3 Å². The number of anilines is 1. The van der Waals surface area contributed by atoms with E-state index in [0.717, 1.165) is 24.0 Å². The summed E-state index contributed by atoms with van der Waals surface area (Å²) in [5, 5.41) is 4.36. The Labute approximate surface area is 198 Å². The topological polar surface area (TPSA) is 103 Å². The molecule has 186 valence electrons. The first-order valence-electron chi connectivity index (χ1n) is 10.6. The summed E-state index contributed by atoms with van der Waals surface area (Å²) in [5.74, 6) is -0.781. The van der Waals surface area contributed by atoms with Gasteiger partial charge in [0, 0.05) is 30.4 Å². The molecule has 1 aliphatic rings. The third-order valence-corrected chi connectivity index (χ3v) is 5.14. The van der Waals surface area contributed by atoms with Crippen LogP contribution in [0.1, 0.15) is 17.0 Å². The van der Waals surface area contributed by atoms with E-state index in [-0.39, 0.29) is 19.0 Å². The zero-order valence-electron chi connectivity index (χ0n) is 18.7. The third kappa shape index (κ3) is 6.25. The summed E-state index contributed by atoms with van der Waals surface area (Å²) in [5.41, 5.74) is 1.69. The van der Waals surface area contributed by atoms with Gasteiger partial charge in [0.05, 0.1) is 26.9 Å². The number of carbonyl (C=O) groups is 1. The fourth-order valence-electron chi connectivity index (χ4n) is 3.28. The van der Waals surface area contributed by atoms with Crippen molar-refractivity contribution in [3.05, 3.63) is 59.6 Å². The Hall–Kier alpha value is -3.71. The predicted octanol–water partition coefficient (Wildman–Crippen LogP) is 3.69. The van der Waals surface area contributed by atoms with E-state index >= 15 is 0 Å². The van der Waals surface area contributed by atoms with E-state index < -0.39 is 18.2 Å². The zero-order chi connectivity index (χ0) is 24.8. The molecule has 2 aromatic heterocycles. The lowest BCUT2D eigenvalue weighted by Gasteiger charge is -2.27. The van der Waals surface area contributed by atoms with Crippen molar-refractivity contribution in [1.29, 1.82) is 0 Å². The van der Waals surface area contributed by atoms with Crippen molar-refractivity contribution in [3.63, 3.8) is 0 Å². The van der Waals surface area contributed by atoms with Gasteiger partial charge in [0.1, 0.15) is 12.4 Å². The van der Waals surface area contributed by atoms with Gasteiger partial charge in [-0.25, -0.2) is 9.78 Å². The van der Waals surface area contributed by atoms with Gasteiger partial charge in [-0.3, -0.25) is 4.84 Å². The molecular formula is C22H22F3N5O5. The molecule has 35 heavy (non-hydrogen) atoms. The van der Waals surface area contributed by atoms with E-state index in [4.69, 9.17) is 14.3 Å². The highest BCUT2D eigenvalue weighted by Crippen LogP contribution is 2.29. The minimum Gasteiger partial charge on any atom is -0.443 e. The molecule has 0 atom stereocenters. The highest BCUT2D eigenvalue weighted by atomic mass is 19.4. The van der Waals surface area contributed by atoms with Gasteiger partial charge in [-0.15, -0.1) is 0 Å². The fourth-order valence-corrected chi connectivity index (χ4v) is 3.28. The van der Waals surface area contributed by atoms with Crippen LogP contribution < -0.4 is 4.90 Å². The van der Waals surface area contributed by atoms with Crippen LogP contribution in [0.4, 0.5) is 23.8 Å². The predicted molar refractivity (Wildman–Crippen MR) is 115 cm³/mol. The molecule has 1 fully saturated rings. The number of hydrogen-bond donors (Lipinski definition) is 0. The Kier molecular flexibility index (Phi) is 7.46. The van der Waals surface area contributed by atoms with Crippen LogP contribution in [0.25, 0.3) is 11.4 Å². The Morgan fingerprint density at radius 2 is 1.83 bits per heavy atom. The summed E-state index contributed by atoms with van der Waals surface area (Å²) in [6.45, 7) is 2.92. The zero-order valence-corrected chi connectivity index (χ0v) is 18.7. The Bertz CT molecular complexity index is 1120. The third-order valence-electron chi connectivity index (χ3n) is 5.14. The summed E-state index contributed by atoms with van der Waals surface area (Å²) in [4.78, 5) is 27.4. The summed E-state index contributed by atoms with van der Waals surface area (Å²) >= 11 is 0. The number of aromatic nitrogens is 3. The summed E-state index contributed by atoms with van der Waals surface area (Å²) in [6, 6.07) is 9.94. The van der Waals surface area contributed by atoms with Gasteiger partial charge in [0.25, 0.3) is 0 Å². The molecule has 3 heterocycles. The minimum atomic E-state index is -4.72. The fraction of sp³-hybridized carbons (Fsp3) is 0.364. The van der Waals surface area contributed by atoms with E-state index in [0.29, 0.717) is 29.9 Å². The molecule has 1 aromatic carbocycles. The molecule has 0 N–H and O–H groups in total. The quantitative estimate of drug-likeness (QED) is 0.456. The maximum absolute atomic E-state index is 12.6. The van der Waals surface area contributed by atoms with Crippen molar-refractivity contribution in [2.45, 2.75) is 19.3 Å². The number of carbonyl (C=O) groups excluding carboxylic acids is 1. The number of halogens is 3. The molecule has 1 saturated heterocycles. The average Bonchev–Trinajstić information content (AvgIpc) is 3.38. The molecule has 1 aliphatic heterocycles. The number of ether oxygens (including phenoxy) is 2. The van der Waals surface area contributed by atoms with Crippen LogP contribution in [0, 0.1) is 0 Å². The molecule has 0 spiro atoms. The lowest BCUT2D eigenvalue weighted by molar-refractivity contribution is -0.159. The van der Waals surface area contributed by atoms with Gasteiger partial charge in [0.2, 0.25) is 5.82 Å². The van der Waals surface area contributed by atoms with Gasteiger partial charge in [-0.1, -0.05) is 35.5 Å². The minimum absolute atomic E-state index is 0.00733. The molecule has 0 unspecified atom stereocenters.